The van der Waals surface area contributed by atoms with Crippen molar-refractivity contribution in [1.82, 2.24) is 15.6 Å². The van der Waals surface area contributed by atoms with Crippen LogP contribution in [0.1, 0.15) is 37.5 Å². The summed E-state index contributed by atoms with van der Waals surface area (Å²) in [6, 6.07) is 8.02. The van der Waals surface area contributed by atoms with Gasteiger partial charge in [-0.15, -0.1) is 0 Å². The maximum absolute atomic E-state index is 5.91. The van der Waals surface area contributed by atoms with Gasteiger partial charge in [0.05, 0.1) is 20.3 Å². The number of methoxy groups -OCH3 is 1. The van der Waals surface area contributed by atoms with Crippen LogP contribution in [0.5, 0.6) is 17.4 Å². The van der Waals surface area contributed by atoms with Crippen LogP contribution in [0.4, 0.5) is 0 Å². The minimum Gasteiger partial charge on any atom is -0.494 e. The maximum atomic E-state index is 5.91. The molecule has 1 aliphatic heterocycles. The third-order valence-electron chi connectivity index (χ3n) is 4.62. The van der Waals surface area contributed by atoms with Gasteiger partial charge in [0, 0.05) is 42.4 Å². The third kappa shape index (κ3) is 5.31. The molecule has 1 aliphatic rings. The van der Waals surface area contributed by atoms with Gasteiger partial charge in [0.25, 0.3) is 0 Å². The van der Waals surface area contributed by atoms with Crippen molar-refractivity contribution in [2.45, 2.75) is 46.4 Å². The van der Waals surface area contributed by atoms with Crippen molar-refractivity contribution in [2.75, 3.05) is 20.3 Å². The van der Waals surface area contributed by atoms with Crippen LogP contribution in [0.3, 0.4) is 0 Å². The highest BCUT2D eigenvalue weighted by atomic mass is 16.5. The molecule has 0 aliphatic carbocycles. The molecule has 0 saturated carbocycles. The number of nitrogens with one attached hydrogen (secondary N) is 2. The van der Waals surface area contributed by atoms with E-state index in [-0.39, 0.29) is 6.10 Å². The van der Waals surface area contributed by atoms with Gasteiger partial charge in [-0.05, 0) is 39.0 Å². The van der Waals surface area contributed by atoms with E-state index in [9.17, 15) is 0 Å². The molecular formula is C22H30N4O3. The van der Waals surface area contributed by atoms with Gasteiger partial charge in [0.2, 0.25) is 5.88 Å². The fourth-order valence-corrected chi connectivity index (χ4v) is 3.32. The minimum atomic E-state index is 0.201. The van der Waals surface area contributed by atoms with Gasteiger partial charge in [0.15, 0.2) is 5.96 Å². The van der Waals surface area contributed by atoms with Crippen LogP contribution in [-0.2, 0) is 19.5 Å². The normalized spacial score (nSPS) is 15.4. The molecule has 7 nitrogen and oxygen atoms in total. The number of pyridine rings is 1. The van der Waals surface area contributed by atoms with E-state index in [1.165, 1.54) is 5.56 Å². The first-order valence-corrected chi connectivity index (χ1v) is 10.1. The van der Waals surface area contributed by atoms with Crippen molar-refractivity contribution in [3.63, 3.8) is 0 Å². The summed E-state index contributed by atoms with van der Waals surface area (Å²) in [7, 11) is 1.62. The van der Waals surface area contributed by atoms with Crippen LogP contribution in [0.15, 0.2) is 35.5 Å². The molecule has 1 aromatic heterocycles. The molecule has 156 valence electrons. The Morgan fingerprint density at radius 2 is 2.14 bits per heavy atom. The summed E-state index contributed by atoms with van der Waals surface area (Å²) >= 11 is 0. The quantitative estimate of drug-likeness (QED) is 0.526. The average Bonchev–Trinajstić information content (AvgIpc) is 3.09. The second-order valence-corrected chi connectivity index (χ2v) is 6.85. The van der Waals surface area contributed by atoms with Gasteiger partial charge in [-0.1, -0.05) is 6.07 Å². The lowest BCUT2D eigenvalue weighted by Gasteiger charge is -2.14. The second kappa shape index (κ2) is 10.0. The Bertz CT molecular complexity index is 854. The Balaban J connectivity index is 1.75. The predicted molar refractivity (Wildman–Crippen MR) is 114 cm³/mol. The lowest BCUT2D eigenvalue weighted by Crippen LogP contribution is -2.36. The number of aromatic nitrogens is 1. The summed E-state index contributed by atoms with van der Waals surface area (Å²) < 4.78 is 17.1. The molecule has 1 aromatic carbocycles. The zero-order chi connectivity index (χ0) is 20.6. The van der Waals surface area contributed by atoms with Crippen LogP contribution < -0.4 is 24.8 Å². The molecule has 2 aromatic rings. The average molecular weight is 399 g/mol. The standard InChI is InChI=1S/C22H30N4O3/c1-5-23-22(25-13-16-8-7-9-24-21(16)27-4)26-14-18-12-20-17(10-15(3)29-20)11-19(18)28-6-2/h7-9,11-12,15H,5-6,10,13-14H2,1-4H3,(H2,23,25,26). The molecular weight excluding hydrogens is 368 g/mol. The van der Waals surface area contributed by atoms with E-state index in [2.05, 4.69) is 34.7 Å². The van der Waals surface area contributed by atoms with Crippen molar-refractivity contribution in [3.05, 3.63) is 47.2 Å². The summed E-state index contributed by atoms with van der Waals surface area (Å²) in [5.41, 5.74) is 3.17. The molecule has 29 heavy (non-hydrogen) atoms. The van der Waals surface area contributed by atoms with Crippen molar-refractivity contribution in [1.29, 1.82) is 0 Å². The van der Waals surface area contributed by atoms with E-state index in [0.717, 1.165) is 41.6 Å². The highest BCUT2D eigenvalue weighted by molar-refractivity contribution is 5.79. The zero-order valence-corrected chi connectivity index (χ0v) is 17.6. The molecule has 0 amide bonds. The van der Waals surface area contributed by atoms with E-state index in [1.54, 1.807) is 13.3 Å². The lowest BCUT2D eigenvalue weighted by molar-refractivity contribution is 0.254. The maximum Gasteiger partial charge on any atom is 0.218 e. The highest BCUT2D eigenvalue weighted by Gasteiger charge is 2.21. The molecule has 7 heteroatoms. The highest BCUT2D eigenvalue weighted by Crippen LogP contribution is 2.35. The molecule has 3 rings (SSSR count). The number of benzene rings is 1. The summed E-state index contributed by atoms with van der Waals surface area (Å²) in [5, 5.41) is 6.62. The molecule has 0 bridgehead atoms. The molecule has 1 atom stereocenters. The Morgan fingerprint density at radius 1 is 1.28 bits per heavy atom. The molecule has 1 unspecified atom stereocenters. The van der Waals surface area contributed by atoms with Crippen LogP contribution in [0.25, 0.3) is 0 Å². The molecule has 2 N–H and O–H groups in total. The van der Waals surface area contributed by atoms with Gasteiger partial charge < -0.3 is 24.8 Å². The Morgan fingerprint density at radius 3 is 2.90 bits per heavy atom. The van der Waals surface area contributed by atoms with E-state index in [1.807, 2.05) is 26.0 Å². The van der Waals surface area contributed by atoms with Gasteiger partial charge in [-0.2, -0.15) is 0 Å². The number of hydrogen-bond donors (Lipinski definition) is 2. The van der Waals surface area contributed by atoms with Gasteiger partial charge in [-0.3, -0.25) is 0 Å². The number of guanidine groups is 1. The fourth-order valence-electron chi connectivity index (χ4n) is 3.32. The van der Waals surface area contributed by atoms with Crippen LogP contribution in [0, 0.1) is 0 Å². The minimum absolute atomic E-state index is 0.201. The molecule has 0 spiro atoms. The van der Waals surface area contributed by atoms with Crippen molar-refractivity contribution in [3.8, 4) is 17.4 Å². The predicted octanol–water partition coefficient (Wildman–Crippen LogP) is 3.07. The Hall–Kier alpha value is -2.96. The van der Waals surface area contributed by atoms with Crippen LogP contribution >= 0.6 is 0 Å². The van der Waals surface area contributed by atoms with Crippen molar-refractivity contribution in [2.24, 2.45) is 4.99 Å². The van der Waals surface area contributed by atoms with E-state index in [4.69, 9.17) is 19.2 Å². The number of ether oxygens (including phenoxy) is 3. The smallest absolute Gasteiger partial charge is 0.218 e. The second-order valence-electron chi connectivity index (χ2n) is 6.85. The Kier molecular flexibility index (Phi) is 7.16. The molecule has 0 fully saturated rings. The first-order chi connectivity index (χ1) is 14.1. The molecule has 2 heterocycles. The number of nitrogens with zero attached hydrogens (tertiary/aromatic N) is 2. The SMILES string of the molecule is CCNC(=NCc1cc2c(cc1OCC)CC(C)O2)NCc1cccnc1OC. The van der Waals surface area contributed by atoms with Crippen LogP contribution in [-0.4, -0.2) is 37.3 Å². The van der Waals surface area contributed by atoms with Gasteiger partial charge in [0.1, 0.15) is 17.6 Å². The van der Waals surface area contributed by atoms with E-state index in [0.29, 0.717) is 25.6 Å². The first-order valence-electron chi connectivity index (χ1n) is 10.1. The Labute approximate surface area is 172 Å². The topological polar surface area (TPSA) is 77.0 Å². The number of aliphatic imine (C=N–C) groups is 1. The summed E-state index contributed by atoms with van der Waals surface area (Å²) in [5.74, 6) is 3.14. The lowest BCUT2D eigenvalue weighted by atomic mass is 10.1. The third-order valence-corrected chi connectivity index (χ3v) is 4.62. The first kappa shape index (κ1) is 20.8. The number of hydrogen-bond acceptors (Lipinski definition) is 5. The van der Waals surface area contributed by atoms with Gasteiger partial charge in [-0.25, -0.2) is 9.98 Å². The molecule has 0 saturated heterocycles. The van der Waals surface area contributed by atoms with E-state index >= 15 is 0 Å². The largest absolute Gasteiger partial charge is 0.494 e. The zero-order valence-electron chi connectivity index (χ0n) is 17.6. The van der Waals surface area contributed by atoms with Gasteiger partial charge >= 0.3 is 0 Å². The van der Waals surface area contributed by atoms with Crippen molar-refractivity contribution < 1.29 is 14.2 Å². The summed E-state index contributed by atoms with van der Waals surface area (Å²) in [4.78, 5) is 8.97. The summed E-state index contributed by atoms with van der Waals surface area (Å²) in [6.45, 7) is 8.54. The monoisotopic (exact) mass is 398 g/mol. The van der Waals surface area contributed by atoms with E-state index < -0.39 is 0 Å². The number of rotatable bonds is 8. The van der Waals surface area contributed by atoms with Crippen LogP contribution in [0.2, 0.25) is 0 Å². The van der Waals surface area contributed by atoms with Crippen molar-refractivity contribution >= 4 is 5.96 Å². The molecule has 0 radical (unpaired) electrons. The summed E-state index contributed by atoms with van der Waals surface area (Å²) in [6.07, 6.45) is 2.83. The number of fused-ring (bicyclic) bond motifs is 1. The fraction of sp³-hybridized carbons (Fsp3) is 0.455.